The third-order valence-corrected chi connectivity index (χ3v) is 2.72. The van der Waals surface area contributed by atoms with E-state index in [2.05, 4.69) is 12.2 Å². The van der Waals surface area contributed by atoms with Crippen LogP contribution in [0.25, 0.3) is 0 Å². The Kier molecular flexibility index (Phi) is 7.82. The molecule has 0 aliphatic rings. The molecule has 1 N–H and O–H groups in total. The van der Waals surface area contributed by atoms with Gasteiger partial charge in [-0.15, -0.1) is 0 Å². The minimum Gasteiger partial charge on any atom is -0.462 e. The molecule has 4 heteroatoms. The standard InChI is InChI=1S/C15H22FNO2/c1-2-9-17-10-4-3-5-11-19-15(18)13-7-6-8-14(16)12-13/h6-8,12,17H,2-5,9-11H2,1H3. The summed E-state index contributed by atoms with van der Waals surface area (Å²) in [7, 11) is 0. The van der Waals surface area contributed by atoms with Gasteiger partial charge in [0.1, 0.15) is 5.82 Å². The van der Waals surface area contributed by atoms with Gasteiger partial charge in [0, 0.05) is 0 Å². The lowest BCUT2D eigenvalue weighted by Crippen LogP contribution is -2.16. The molecule has 0 fully saturated rings. The van der Waals surface area contributed by atoms with Crippen molar-refractivity contribution in [1.29, 1.82) is 0 Å². The highest BCUT2D eigenvalue weighted by molar-refractivity contribution is 5.89. The molecule has 1 rings (SSSR count). The van der Waals surface area contributed by atoms with Gasteiger partial charge in [0.05, 0.1) is 12.2 Å². The fourth-order valence-corrected chi connectivity index (χ4v) is 1.69. The van der Waals surface area contributed by atoms with Crippen molar-refractivity contribution in [3.8, 4) is 0 Å². The van der Waals surface area contributed by atoms with Gasteiger partial charge in [-0.25, -0.2) is 9.18 Å². The van der Waals surface area contributed by atoms with Crippen molar-refractivity contribution in [2.45, 2.75) is 32.6 Å². The van der Waals surface area contributed by atoms with E-state index in [0.717, 1.165) is 38.8 Å². The molecule has 0 atom stereocenters. The molecular weight excluding hydrogens is 245 g/mol. The number of carbonyl (C=O) groups excluding carboxylic acids is 1. The van der Waals surface area contributed by atoms with E-state index in [1.807, 2.05) is 0 Å². The quantitative estimate of drug-likeness (QED) is 0.552. The number of carbonyl (C=O) groups is 1. The lowest BCUT2D eigenvalue weighted by atomic mass is 10.2. The molecule has 19 heavy (non-hydrogen) atoms. The highest BCUT2D eigenvalue weighted by Crippen LogP contribution is 2.06. The van der Waals surface area contributed by atoms with Crippen molar-refractivity contribution in [2.75, 3.05) is 19.7 Å². The van der Waals surface area contributed by atoms with Crippen LogP contribution in [0.4, 0.5) is 4.39 Å². The van der Waals surface area contributed by atoms with E-state index >= 15 is 0 Å². The molecule has 0 aromatic heterocycles. The summed E-state index contributed by atoms with van der Waals surface area (Å²) in [5, 5.41) is 3.32. The van der Waals surface area contributed by atoms with Crippen molar-refractivity contribution >= 4 is 5.97 Å². The van der Waals surface area contributed by atoms with Crippen LogP contribution in [0, 0.1) is 5.82 Å². The van der Waals surface area contributed by atoms with Gasteiger partial charge in [-0.1, -0.05) is 13.0 Å². The average molecular weight is 267 g/mol. The van der Waals surface area contributed by atoms with E-state index in [9.17, 15) is 9.18 Å². The molecule has 1 aromatic rings. The van der Waals surface area contributed by atoms with Crippen LogP contribution in [0.5, 0.6) is 0 Å². The first-order valence-electron chi connectivity index (χ1n) is 6.87. The lowest BCUT2D eigenvalue weighted by molar-refractivity contribution is 0.0497. The second kappa shape index (κ2) is 9.50. The van der Waals surface area contributed by atoms with Crippen molar-refractivity contribution in [1.82, 2.24) is 5.32 Å². The molecule has 0 bridgehead atoms. The minimum absolute atomic E-state index is 0.268. The topological polar surface area (TPSA) is 38.3 Å². The summed E-state index contributed by atoms with van der Waals surface area (Å²) in [5.74, 6) is -0.875. The zero-order valence-corrected chi connectivity index (χ0v) is 11.5. The van der Waals surface area contributed by atoms with E-state index in [1.54, 1.807) is 6.07 Å². The minimum atomic E-state index is -0.455. The highest BCUT2D eigenvalue weighted by Gasteiger charge is 2.07. The maximum Gasteiger partial charge on any atom is 0.338 e. The van der Waals surface area contributed by atoms with Crippen LogP contribution in [0.2, 0.25) is 0 Å². The first-order chi connectivity index (χ1) is 9.24. The number of ether oxygens (including phenoxy) is 1. The Balaban J connectivity index is 2.08. The molecule has 0 spiro atoms. The SMILES string of the molecule is CCCNCCCCCOC(=O)c1cccc(F)c1. The van der Waals surface area contributed by atoms with Crippen LogP contribution in [-0.4, -0.2) is 25.7 Å². The molecular formula is C15H22FNO2. The normalized spacial score (nSPS) is 10.4. The zero-order valence-electron chi connectivity index (χ0n) is 11.5. The lowest BCUT2D eigenvalue weighted by Gasteiger charge is -2.05. The predicted molar refractivity (Wildman–Crippen MR) is 73.7 cm³/mol. The van der Waals surface area contributed by atoms with Gasteiger partial charge in [0.15, 0.2) is 0 Å². The Labute approximate surface area is 114 Å². The molecule has 0 aliphatic heterocycles. The molecule has 106 valence electrons. The number of esters is 1. The largest absolute Gasteiger partial charge is 0.462 e. The summed E-state index contributed by atoms with van der Waals surface area (Å²) in [6, 6.07) is 5.56. The number of benzene rings is 1. The van der Waals surface area contributed by atoms with Gasteiger partial charge in [0.2, 0.25) is 0 Å². The van der Waals surface area contributed by atoms with Crippen LogP contribution in [0.1, 0.15) is 43.0 Å². The summed E-state index contributed by atoms with van der Waals surface area (Å²) in [6.07, 6.45) is 4.09. The monoisotopic (exact) mass is 267 g/mol. The van der Waals surface area contributed by atoms with E-state index < -0.39 is 11.8 Å². The third-order valence-electron chi connectivity index (χ3n) is 2.72. The molecule has 0 amide bonds. The fourth-order valence-electron chi connectivity index (χ4n) is 1.69. The Bertz CT molecular complexity index is 382. The number of rotatable bonds is 9. The van der Waals surface area contributed by atoms with E-state index in [-0.39, 0.29) is 5.56 Å². The van der Waals surface area contributed by atoms with Crippen LogP contribution >= 0.6 is 0 Å². The predicted octanol–water partition coefficient (Wildman–Crippen LogP) is 3.15. The smallest absolute Gasteiger partial charge is 0.338 e. The van der Waals surface area contributed by atoms with E-state index in [4.69, 9.17) is 4.74 Å². The first kappa shape index (κ1) is 15.6. The number of halogens is 1. The average Bonchev–Trinajstić information content (AvgIpc) is 2.41. The molecule has 0 radical (unpaired) electrons. The summed E-state index contributed by atoms with van der Waals surface area (Å²) in [4.78, 5) is 11.6. The molecule has 1 aromatic carbocycles. The third kappa shape index (κ3) is 6.91. The van der Waals surface area contributed by atoms with Crippen LogP contribution < -0.4 is 5.32 Å². The maximum atomic E-state index is 12.9. The molecule has 0 aliphatic carbocycles. The van der Waals surface area contributed by atoms with Gasteiger partial charge in [-0.2, -0.15) is 0 Å². The van der Waals surface area contributed by atoms with Gasteiger partial charge in [-0.3, -0.25) is 0 Å². The molecule has 0 unspecified atom stereocenters. The van der Waals surface area contributed by atoms with Crippen LogP contribution in [-0.2, 0) is 4.74 Å². The number of nitrogens with one attached hydrogen (secondary N) is 1. The second-order valence-electron chi connectivity index (χ2n) is 4.46. The number of hydrogen-bond acceptors (Lipinski definition) is 3. The van der Waals surface area contributed by atoms with Crippen molar-refractivity contribution in [3.63, 3.8) is 0 Å². The van der Waals surface area contributed by atoms with E-state index in [1.165, 1.54) is 18.2 Å². The number of unbranched alkanes of at least 4 members (excludes halogenated alkanes) is 2. The Hall–Kier alpha value is -1.42. The molecule has 0 saturated heterocycles. The maximum absolute atomic E-state index is 12.9. The van der Waals surface area contributed by atoms with E-state index in [0.29, 0.717) is 6.61 Å². The first-order valence-corrected chi connectivity index (χ1v) is 6.87. The Morgan fingerprint density at radius 2 is 2.11 bits per heavy atom. The van der Waals surface area contributed by atoms with Crippen LogP contribution in [0.3, 0.4) is 0 Å². The number of hydrogen-bond donors (Lipinski definition) is 1. The van der Waals surface area contributed by atoms with Gasteiger partial charge in [0.25, 0.3) is 0 Å². The molecule has 0 saturated carbocycles. The molecule has 3 nitrogen and oxygen atoms in total. The Morgan fingerprint density at radius 3 is 2.84 bits per heavy atom. The van der Waals surface area contributed by atoms with Crippen molar-refractivity contribution in [3.05, 3.63) is 35.6 Å². The second-order valence-corrected chi connectivity index (χ2v) is 4.46. The summed E-state index contributed by atoms with van der Waals surface area (Å²) in [6.45, 7) is 4.59. The Morgan fingerprint density at radius 1 is 1.26 bits per heavy atom. The molecule has 0 heterocycles. The highest BCUT2D eigenvalue weighted by atomic mass is 19.1. The van der Waals surface area contributed by atoms with Crippen molar-refractivity contribution < 1.29 is 13.9 Å². The van der Waals surface area contributed by atoms with Gasteiger partial charge in [-0.05, 0) is 57.0 Å². The van der Waals surface area contributed by atoms with Gasteiger partial charge < -0.3 is 10.1 Å². The zero-order chi connectivity index (χ0) is 13.9. The van der Waals surface area contributed by atoms with Crippen LogP contribution in [0.15, 0.2) is 24.3 Å². The van der Waals surface area contributed by atoms with Gasteiger partial charge >= 0.3 is 5.97 Å². The van der Waals surface area contributed by atoms with Crippen molar-refractivity contribution in [2.24, 2.45) is 0 Å². The fraction of sp³-hybridized carbons (Fsp3) is 0.533. The summed E-state index contributed by atoms with van der Waals surface area (Å²) in [5.41, 5.74) is 0.268. The summed E-state index contributed by atoms with van der Waals surface area (Å²) < 4.78 is 18.0. The summed E-state index contributed by atoms with van der Waals surface area (Å²) >= 11 is 0.